The topological polar surface area (TPSA) is 47.6 Å². The van der Waals surface area contributed by atoms with Crippen molar-refractivity contribution in [3.05, 3.63) is 29.8 Å². The van der Waals surface area contributed by atoms with Crippen LogP contribution in [0.25, 0.3) is 6.08 Å². The summed E-state index contributed by atoms with van der Waals surface area (Å²) in [5.41, 5.74) is 1.03. The number of carbonyl (C=O) groups is 1. The third-order valence-corrected chi connectivity index (χ3v) is 3.49. The first kappa shape index (κ1) is 19.1. The Balaban J connectivity index is 2.52. The maximum absolute atomic E-state index is 12.0. The van der Waals surface area contributed by atoms with Crippen LogP contribution in [0.2, 0.25) is 0 Å². The van der Waals surface area contributed by atoms with Gasteiger partial charge in [0.05, 0.1) is 7.11 Å². The number of nitrogens with one attached hydrogen (secondary N) is 1. The van der Waals surface area contributed by atoms with Crippen LogP contribution in [0.4, 0.5) is 0 Å². The van der Waals surface area contributed by atoms with E-state index in [0.717, 1.165) is 18.4 Å². The third kappa shape index (κ3) is 7.22. The summed E-state index contributed by atoms with van der Waals surface area (Å²) in [6.45, 7) is 8.34. The Hall–Kier alpha value is -1.97. The molecule has 0 fully saturated rings. The first-order valence-electron chi connectivity index (χ1n) is 8.19. The molecule has 1 rings (SSSR count). The Morgan fingerprint density at radius 2 is 1.96 bits per heavy atom. The van der Waals surface area contributed by atoms with Crippen molar-refractivity contribution in [3.8, 4) is 11.5 Å². The van der Waals surface area contributed by atoms with Gasteiger partial charge in [-0.25, -0.2) is 0 Å². The van der Waals surface area contributed by atoms with Crippen molar-refractivity contribution in [1.82, 2.24) is 5.32 Å². The number of benzene rings is 1. The predicted molar refractivity (Wildman–Crippen MR) is 94.9 cm³/mol. The lowest BCUT2D eigenvalue weighted by Gasteiger charge is -2.16. The Bertz CT molecular complexity index is 523. The van der Waals surface area contributed by atoms with Crippen LogP contribution in [0.1, 0.15) is 46.1 Å². The molecule has 23 heavy (non-hydrogen) atoms. The molecule has 1 amide bonds. The van der Waals surface area contributed by atoms with Crippen molar-refractivity contribution in [2.24, 2.45) is 5.92 Å². The number of ether oxygens (including phenoxy) is 2. The summed E-state index contributed by atoms with van der Waals surface area (Å²) in [5.74, 6) is 1.73. The molecule has 128 valence electrons. The van der Waals surface area contributed by atoms with E-state index in [4.69, 9.17) is 9.47 Å². The Morgan fingerprint density at radius 1 is 1.22 bits per heavy atom. The van der Waals surface area contributed by atoms with Gasteiger partial charge in [0, 0.05) is 6.04 Å². The fourth-order valence-electron chi connectivity index (χ4n) is 2.21. The van der Waals surface area contributed by atoms with Crippen LogP contribution < -0.4 is 14.8 Å². The zero-order valence-electron chi connectivity index (χ0n) is 14.9. The molecule has 0 aliphatic carbocycles. The highest BCUT2D eigenvalue weighted by Crippen LogP contribution is 2.28. The van der Waals surface area contributed by atoms with Crippen LogP contribution in [-0.2, 0) is 4.79 Å². The van der Waals surface area contributed by atoms with Crippen LogP contribution >= 0.6 is 0 Å². The molecule has 1 unspecified atom stereocenters. The molecule has 0 saturated carbocycles. The minimum Gasteiger partial charge on any atom is -0.493 e. The van der Waals surface area contributed by atoms with Crippen molar-refractivity contribution in [1.29, 1.82) is 0 Å². The van der Waals surface area contributed by atoms with Gasteiger partial charge >= 0.3 is 0 Å². The second-order valence-electron chi connectivity index (χ2n) is 6.14. The van der Waals surface area contributed by atoms with Crippen molar-refractivity contribution in [2.45, 2.75) is 46.6 Å². The minimum absolute atomic E-state index is 0.00859. The summed E-state index contributed by atoms with van der Waals surface area (Å²) < 4.78 is 10.9. The first-order chi connectivity index (χ1) is 11.0. The van der Waals surface area contributed by atoms with Crippen molar-refractivity contribution >= 4 is 12.0 Å². The Morgan fingerprint density at radius 3 is 2.57 bits per heavy atom. The maximum Gasteiger partial charge on any atom is 0.258 e. The van der Waals surface area contributed by atoms with Gasteiger partial charge in [-0.3, -0.25) is 4.79 Å². The quantitative estimate of drug-likeness (QED) is 0.747. The summed E-state index contributed by atoms with van der Waals surface area (Å²) in [6, 6.07) is 5.80. The number of methoxy groups -OCH3 is 1. The molecule has 1 aromatic rings. The molecule has 4 nitrogen and oxygen atoms in total. The molecule has 0 heterocycles. The number of allylic oxidation sites excluding steroid dienone is 1. The predicted octanol–water partition coefficient (Wildman–Crippen LogP) is 4.05. The van der Waals surface area contributed by atoms with Crippen molar-refractivity contribution in [2.75, 3.05) is 13.7 Å². The highest BCUT2D eigenvalue weighted by Gasteiger charge is 2.11. The second kappa shape index (κ2) is 9.93. The zero-order valence-corrected chi connectivity index (χ0v) is 14.9. The van der Waals surface area contributed by atoms with E-state index < -0.39 is 0 Å². The van der Waals surface area contributed by atoms with Crippen LogP contribution in [0.15, 0.2) is 24.3 Å². The van der Waals surface area contributed by atoms with E-state index in [0.29, 0.717) is 17.4 Å². The molecule has 1 atom stereocenters. The van der Waals surface area contributed by atoms with E-state index >= 15 is 0 Å². The summed E-state index contributed by atoms with van der Waals surface area (Å²) in [5, 5.41) is 2.96. The molecular formula is C19H29NO3. The zero-order chi connectivity index (χ0) is 17.2. The monoisotopic (exact) mass is 319 g/mol. The lowest BCUT2D eigenvalue weighted by Crippen LogP contribution is -2.36. The molecule has 0 bridgehead atoms. The molecule has 0 aliphatic rings. The van der Waals surface area contributed by atoms with Gasteiger partial charge in [-0.15, -0.1) is 0 Å². The minimum atomic E-state index is -0.110. The van der Waals surface area contributed by atoms with E-state index in [1.165, 1.54) is 0 Å². The summed E-state index contributed by atoms with van der Waals surface area (Å²) >= 11 is 0. The van der Waals surface area contributed by atoms with Gasteiger partial charge < -0.3 is 14.8 Å². The Kier molecular flexibility index (Phi) is 8.23. The summed E-state index contributed by atoms with van der Waals surface area (Å²) in [7, 11) is 1.59. The maximum atomic E-state index is 12.0. The van der Waals surface area contributed by atoms with Crippen molar-refractivity contribution < 1.29 is 14.3 Å². The molecule has 1 N–H and O–H groups in total. The van der Waals surface area contributed by atoms with Gasteiger partial charge in [0.15, 0.2) is 18.1 Å². The summed E-state index contributed by atoms with van der Waals surface area (Å²) in [4.78, 5) is 12.0. The first-order valence-corrected chi connectivity index (χ1v) is 8.19. The van der Waals surface area contributed by atoms with Crippen LogP contribution in [0.3, 0.4) is 0 Å². The molecular weight excluding hydrogens is 290 g/mol. The fourth-order valence-corrected chi connectivity index (χ4v) is 2.21. The second-order valence-corrected chi connectivity index (χ2v) is 6.14. The van der Waals surface area contributed by atoms with Crippen LogP contribution in [0.5, 0.6) is 11.5 Å². The largest absolute Gasteiger partial charge is 0.493 e. The molecule has 0 spiro atoms. The fraction of sp³-hybridized carbons (Fsp3) is 0.526. The number of carbonyl (C=O) groups excluding carboxylic acids is 1. The average molecular weight is 319 g/mol. The lowest BCUT2D eigenvalue weighted by atomic mass is 10.0. The van der Waals surface area contributed by atoms with Gasteiger partial charge in [-0.2, -0.15) is 0 Å². The molecule has 0 radical (unpaired) electrons. The summed E-state index contributed by atoms with van der Waals surface area (Å²) in [6.07, 6.45) is 6.02. The highest BCUT2D eigenvalue weighted by atomic mass is 16.5. The number of hydrogen-bond acceptors (Lipinski definition) is 3. The van der Waals surface area contributed by atoms with Gasteiger partial charge in [0.1, 0.15) is 0 Å². The van der Waals surface area contributed by atoms with E-state index in [1.54, 1.807) is 7.11 Å². The standard InChI is InChI=1S/C19H29NO3/c1-6-7-16-10-11-17(18(12-16)22-5)23-13-19(21)20-15(4)9-8-14(2)3/h6-7,10-12,14-15H,8-9,13H2,1-5H3,(H,20,21). The molecule has 0 aromatic heterocycles. The number of rotatable bonds is 9. The smallest absolute Gasteiger partial charge is 0.258 e. The molecule has 4 heteroatoms. The normalized spacial score (nSPS) is 12.4. The number of amides is 1. The number of hydrogen-bond donors (Lipinski definition) is 1. The van der Waals surface area contributed by atoms with Gasteiger partial charge in [0.25, 0.3) is 5.91 Å². The van der Waals surface area contributed by atoms with Gasteiger partial charge in [-0.05, 0) is 50.3 Å². The highest BCUT2D eigenvalue weighted by molar-refractivity contribution is 5.77. The Labute approximate surface area is 139 Å². The van der Waals surface area contributed by atoms with E-state index in [-0.39, 0.29) is 18.6 Å². The van der Waals surface area contributed by atoms with E-state index in [9.17, 15) is 4.79 Å². The van der Waals surface area contributed by atoms with E-state index in [2.05, 4.69) is 19.2 Å². The van der Waals surface area contributed by atoms with Crippen LogP contribution in [0, 0.1) is 5.92 Å². The van der Waals surface area contributed by atoms with E-state index in [1.807, 2.05) is 44.2 Å². The molecule has 1 aromatic carbocycles. The third-order valence-electron chi connectivity index (χ3n) is 3.49. The van der Waals surface area contributed by atoms with Gasteiger partial charge in [0.2, 0.25) is 0 Å². The SMILES string of the molecule is CC=Cc1ccc(OCC(=O)NC(C)CCC(C)C)c(OC)c1. The lowest BCUT2D eigenvalue weighted by molar-refractivity contribution is -0.123. The molecule has 0 saturated heterocycles. The van der Waals surface area contributed by atoms with Gasteiger partial charge in [-0.1, -0.05) is 32.1 Å². The average Bonchev–Trinajstić information content (AvgIpc) is 2.51. The molecule has 0 aliphatic heterocycles. The van der Waals surface area contributed by atoms with Crippen LogP contribution in [-0.4, -0.2) is 25.7 Å². The van der Waals surface area contributed by atoms with Crippen molar-refractivity contribution in [3.63, 3.8) is 0 Å².